The number of halogens is 1. The number of hydrogen-bond donors (Lipinski definition) is 0. The highest BCUT2D eigenvalue weighted by Gasteiger charge is 2.36. The summed E-state index contributed by atoms with van der Waals surface area (Å²) in [5.41, 5.74) is -0.992. The van der Waals surface area contributed by atoms with Gasteiger partial charge in [0, 0.05) is 31.2 Å². The molecule has 2 amide bonds. The van der Waals surface area contributed by atoms with E-state index in [4.69, 9.17) is 16.3 Å². The predicted molar refractivity (Wildman–Crippen MR) is 103 cm³/mol. The first kappa shape index (κ1) is 18.7. The molecule has 2 heterocycles. The number of ether oxygens (including phenoxy) is 1. The van der Waals surface area contributed by atoms with Crippen molar-refractivity contribution >= 4 is 34.8 Å². The third-order valence-corrected chi connectivity index (χ3v) is 5.40. The average Bonchev–Trinajstić information content (AvgIpc) is 3.17. The van der Waals surface area contributed by atoms with Crippen LogP contribution in [0.5, 0.6) is 5.75 Å². The van der Waals surface area contributed by atoms with Gasteiger partial charge in [0.05, 0.1) is 4.88 Å². The molecule has 0 saturated carbocycles. The minimum atomic E-state index is -0.992. The van der Waals surface area contributed by atoms with Crippen LogP contribution in [0.3, 0.4) is 0 Å². The van der Waals surface area contributed by atoms with Crippen molar-refractivity contribution in [2.45, 2.75) is 19.4 Å². The summed E-state index contributed by atoms with van der Waals surface area (Å²) < 4.78 is 5.88. The lowest BCUT2D eigenvalue weighted by Crippen LogP contribution is -2.56. The van der Waals surface area contributed by atoms with Crippen molar-refractivity contribution < 1.29 is 14.3 Å². The molecule has 1 aliphatic rings. The molecule has 0 N–H and O–H groups in total. The molecule has 1 aromatic carbocycles. The Kier molecular flexibility index (Phi) is 5.53. The Bertz CT molecular complexity index is 767. The first-order chi connectivity index (χ1) is 12.4. The zero-order valence-corrected chi connectivity index (χ0v) is 16.3. The summed E-state index contributed by atoms with van der Waals surface area (Å²) >= 11 is 7.32. The van der Waals surface area contributed by atoms with Gasteiger partial charge in [0.2, 0.25) is 0 Å². The van der Waals surface area contributed by atoms with E-state index in [0.29, 0.717) is 37.0 Å². The number of benzene rings is 1. The molecule has 0 aliphatic carbocycles. The number of amides is 2. The maximum Gasteiger partial charge on any atom is 0.266 e. The topological polar surface area (TPSA) is 49.9 Å². The lowest BCUT2D eigenvalue weighted by molar-refractivity contribution is -0.147. The average molecular weight is 393 g/mol. The van der Waals surface area contributed by atoms with Crippen LogP contribution in [0.15, 0.2) is 41.8 Å². The third kappa shape index (κ3) is 4.19. The quantitative estimate of drug-likeness (QED) is 0.799. The van der Waals surface area contributed by atoms with E-state index in [0.717, 1.165) is 4.88 Å². The van der Waals surface area contributed by atoms with E-state index in [1.807, 2.05) is 17.5 Å². The van der Waals surface area contributed by atoms with E-state index in [2.05, 4.69) is 0 Å². The molecule has 5 nitrogen and oxygen atoms in total. The number of carbonyl (C=O) groups is 2. The smallest absolute Gasteiger partial charge is 0.266 e. The zero-order chi connectivity index (χ0) is 18.7. The molecular formula is C19H21ClN2O3S. The molecule has 1 saturated heterocycles. The van der Waals surface area contributed by atoms with Crippen LogP contribution in [0.2, 0.25) is 5.02 Å². The summed E-state index contributed by atoms with van der Waals surface area (Å²) in [5, 5.41) is 2.51. The van der Waals surface area contributed by atoms with Gasteiger partial charge < -0.3 is 14.5 Å². The molecule has 1 aliphatic heterocycles. The largest absolute Gasteiger partial charge is 0.478 e. The predicted octanol–water partition coefficient (Wildman–Crippen LogP) is 3.54. The van der Waals surface area contributed by atoms with Crippen molar-refractivity contribution in [2.24, 2.45) is 0 Å². The number of thiophene rings is 1. The molecule has 0 bridgehead atoms. The molecule has 3 rings (SSSR count). The van der Waals surface area contributed by atoms with Crippen LogP contribution >= 0.6 is 22.9 Å². The Morgan fingerprint density at radius 1 is 1.04 bits per heavy atom. The van der Waals surface area contributed by atoms with Gasteiger partial charge in [-0.3, -0.25) is 9.59 Å². The highest BCUT2D eigenvalue weighted by atomic mass is 35.5. The van der Waals surface area contributed by atoms with Crippen molar-refractivity contribution in [3.63, 3.8) is 0 Å². The number of piperazine rings is 1. The molecule has 0 radical (unpaired) electrons. The molecular weight excluding hydrogens is 372 g/mol. The van der Waals surface area contributed by atoms with Crippen LogP contribution in [0, 0.1) is 0 Å². The number of carbonyl (C=O) groups excluding carboxylic acids is 2. The molecule has 0 unspecified atom stereocenters. The van der Waals surface area contributed by atoms with E-state index >= 15 is 0 Å². The Labute approximate surface area is 162 Å². The summed E-state index contributed by atoms with van der Waals surface area (Å²) in [7, 11) is 0. The first-order valence-corrected chi connectivity index (χ1v) is 9.69. The van der Waals surface area contributed by atoms with Crippen LogP contribution in [-0.4, -0.2) is 53.4 Å². The molecule has 7 heteroatoms. The Balaban J connectivity index is 1.58. The van der Waals surface area contributed by atoms with Gasteiger partial charge in [-0.15, -0.1) is 11.3 Å². The van der Waals surface area contributed by atoms with Gasteiger partial charge in [0.1, 0.15) is 5.75 Å². The number of nitrogens with zero attached hydrogens (tertiary/aromatic N) is 2. The van der Waals surface area contributed by atoms with Crippen LogP contribution in [0.4, 0.5) is 0 Å². The first-order valence-electron chi connectivity index (χ1n) is 8.43. The zero-order valence-electron chi connectivity index (χ0n) is 14.8. The normalized spacial score (nSPS) is 15.0. The molecule has 138 valence electrons. The van der Waals surface area contributed by atoms with Gasteiger partial charge in [-0.1, -0.05) is 17.7 Å². The molecule has 26 heavy (non-hydrogen) atoms. The lowest BCUT2D eigenvalue weighted by atomic mass is 10.1. The Morgan fingerprint density at radius 2 is 1.65 bits per heavy atom. The van der Waals surface area contributed by atoms with Gasteiger partial charge in [-0.05, 0) is 49.6 Å². The molecule has 1 fully saturated rings. The molecule has 0 spiro atoms. The molecule has 1 aromatic heterocycles. The summed E-state index contributed by atoms with van der Waals surface area (Å²) in [6.45, 7) is 5.58. The minimum absolute atomic E-state index is 0.0313. The standard InChI is InChI=1S/C19H21ClN2O3S/c1-19(2,25-15-7-5-14(20)6-8-15)18(24)22-11-9-21(10-12-22)17(23)16-4-3-13-26-16/h3-8,13H,9-12H2,1-2H3. The summed E-state index contributed by atoms with van der Waals surface area (Å²) in [5.74, 6) is 0.540. The Morgan fingerprint density at radius 3 is 2.23 bits per heavy atom. The second-order valence-corrected chi connectivity index (χ2v) is 8.01. The van der Waals surface area contributed by atoms with Gasteiger partial charge >= 0.3 is 0 Å². The molecule has 2 aromatic rings. The van der Waals surface area contributed by atoms with Crippen LogP contribution < -0.4 is 4.74 Å². The SMILES string of the molecule is CC(C)(Oc1ccc(Cl)cc1)C(=O)N1CCN(C(=O)c2cccs2)CC1. The molecule has 0 atom stereocenters. The summed E-state index contributed by atoms with van der Waals surface area (Å²) in [6, 6.07) is 10.6. The monoisotopic (exact) mass is 392 g/mol. The second-order valence-electron chi connectivity index (χ2n) is 6.63. The van der Waals surface area contributed by atoms with Crippen molar-refractivity contribution in [2.75, 3.05) is 26.2 Å². The van der Waals surface area contributed by atoms with Crippen molar-refractivity contribution in [3.05, 3.63) is 51.7 Å². The van der Waals surface area contributed by atoms with E-state index in [-0.39, 0.29) is 11.8 Å². The highest BCUT2D eigenvalue weighted by molar-refractivity contribution is 7.12. The maximum absolute atomic E-state index is 12.9. The van der Waals surface area contributed by atoms with E-state index < -0.39 is 5.60 Å². The van der Waals surface area contributed by atoms with Gasteiger partial charge in [-0.2, -0.15) is 0 Å². The van der Waals surface area contributed by atoms with Crippen molar-refractivity contribution in [1.82, 2.24) is 9.80 Å². The fourth-order valence-electron chi connectivity index (χ4n) is 2.89. The van der Waals surface area contributed by atoms with Crippen LogP contribution in [0.1, 0.15) is 23.5 Å². The second kappa shape index (κ2) is 7.68. The van der Waals surface area contributed by atoms with Gasteiger partial charge in [-0.25, -0.2) is 0 Å². The van der Waals surface area contributed by atoms with E-state index in [1.54, 1.807) is 47.9 Å². The maximum atomic E-state index is 12.9. The van der Waals surface area contributed by atoms with Gasteiger partial charge in [0.15, 0.2) is 5.60 Å². The van der Waals surface area contributed by atoms with E-state index in [9.17, 15) is 9.59 Å². The number of hydrogen-bond acceptors (Lipinski definition) is 4. The van der Waals surface area contributed by atoms with Crippen molar-refractivity contribution in [3.8, 4) is 5.75 Å². The Hall–Kier alpha value is -2.05. The summed E-state index contributed by atoms with van der Waals surface area (Å²) in [6.07, 6.45) is 0. The number of rotatable bonds is 4. The fraction of sp³-hybridized carbons (Fsp3) is 0.368. The van der Waals surface area contributed by atoms with Crippen LogP contribution in [0.25, 0.3) is 0 Å². The highest BCUT2D eigenvalue weighted by Crippen LogP contribution is 2.23. The fourth-order valence-corrected chi connectivity index (χ4v) is 3.71. The third-order valence-electron chi connectivity index (χ3n) is 4.29. The summed E-state index contributed by atoms with van der Waals surface area (Å²) in [4.78, 5) is 29.6. The minimum Gasteiger partial charge on any atom is -0.478 e. The lowest BCUT2D eigenvalue weighted by Gasteiger charge is -2.38. The van der Waals surface area contributed by atoms with Crippen molar-refractivity contribution in [1.29, 1.82) is 0 Å². The van der Waals surface area contributed by atoms with Crippen LogP contribution in [-0.2, 0) is 4.79 Å². The van der Waals surface area contributed by atoms with Gasteiger partial charge in [0.25, 0.3) is 11.8 Å². The van der Waals surface area contributed by atoms with E-state index in [1.165, 1.54) is 11.3 Å².